The number of hydrogen-bond acceptors (Lipinski definition) is 3. The Morgan fingerprint density at radius 2 is 2.10 bits per heavy atom. The number of ether oxygens (including phenoxy) is 1. The Bertz CT molecular complexity index is 630. The van der Waals surface area contributed by atoms with E-state index in [-0.39, 0.29) is 12.5 Å². The second-order valence-electron chi connectivity index (χ2n) is 5.31. The van der Waals surface area contributed by atoms with Gasteiger partial charge in [0.1, 0.15) is 5.75 Å². The molecule has 0 N–H and O–H groups in total. The first kappa shape index (κ1) is 13.7. The van der Waals surface area contributed by atoms with E-state index in [1.165, 1.54) is 0 Å². The molecule has 1 aliphatic rings. The van der Waals surface area contributed by atoms with Crippen molar-refractivity contribution in [3.05, 3.63) is 36.7 Å². The summed E-state index contributed by atoms with van der Waals surface area (Å²) < 4.78 is 7.39. The summed E-state index contributed by atoms with van der Waals surface area (Å²) in [7, 11) is 1.89. The summed E-state index contributed by atoms with van der Waals surface area (Å²) in [5.41, 5.74) is 2.07. The predicted octanol–water partition coefficient (Wildman–Crippen LogP) is 2.09. The first-order valence-corrected chi connectivity index (χ1v) is 7.22. The van der Waals surface area contributed by atoms with Crippen molar-refractivity contribution < 1.29 is 9.53 Å². The third kappa shape index (κ3) is 3.24. The highest BCUT2D eigenvalue weighted by Gasteiger charge is 2.18. The largest absolute Gasteiger partial charge is 0.484 e. The van der Waals surface area contributed by atoms with Crippen molar-refractivity contribution in [2.24, 2.45) is 7.05 Å². The molecular weight excluding hydrogens is 266 g/mol. The lowest BCUT2D eigenvalue weighted by atomic mass is 10.1. The minimum Gasteiger partial charge on any atom is -0.484 e. The van der Waals surface area contributed by atoms with Gasteiger partial charge in [0.15, 0.2) is 6.61 Å². The number of nitrogens with zero attached hydrogens (tertiary/aromatic N) is 3. The van der Waals surface area contributed by atoms with E-state index in [4.69, 9.17) is 4.74 Å². The molecule has 3 rings (SSSR count). The minimum atomic E-state index is 0.0688. The van der Waals surface area contributed by atoms with Crippen LogP contribution < -0.4 is 4.74 Å². The van der Waals surface area contributed by atoms with Gasteiger partial charge in [-0.1, -0.05) is 12.1 Å². The van der Waals surface area contributed by atoms with Crippen molar-refractivity contribution in [1.29, 1.82) is 0 Å². The molecule has 1 aliphatic heterocycles. The number of carbonyl (C=O) groups is 1. The summed E-state index contributed by atoms with van der Waals surface area (Å²) in [4.78, 5) is 13.8. The Labute approximate surface area is 124 Å². The lowest BCUT2D eigenvalue weighted by Crippen LogP contribution is -2.32. The zero-order chi connectivity index (χ0) is 14.7. The quantitative estimate of drug-likeness (QED) is 0.864. The molecule has 1 fully saturated rings. The highest BCUT2D eigenvalue weighted by molar-refractivity contribution is 5.78. The number of amides is 1. The van der Waals surface area contributed by atoms with Crippen molar-refractivity contribution in [3.8, 4) is 16.9 Å². The van der Waals surface area contributed by atoms with Crippen LogP contribution in [0.25, 0.3) is 11.1 Å². The molecule has 0 bridgehead atoms. The molecule has 0 atom stereocenters. The van der Waals surface area contributed by atoms with Crippen molar-refractivity contribution >= 4 is 5.91 Å². The van der Waals surface area contributed by atoms with Crippen molar-refractivity contribution in [2.45, 2.75) is 12.8 Å². The number of hydrogen-bond donors (Lipinski definition) is 0. The Morgan fingerprint density at radius 1 is 1.29 bits per heavy atom. The molecule has 21 heavy (non-hydrogen) atoms. The van der Waals surface area contributed by atoms with Crippen LogP contribution >= 0.6 is 0 Å². The third-order valence-electron chi connectivity index (χ3n) is 3.69. The van der Waals surface area contributed by atoms with Crippen molar-refractivity contribution in [3.63, 3.8) is 0 Å². The molecule has 1 aromatic heterocycles. The van der Waals surface area contributed by atoms with E-state index in [0.717, 1.165) is 37.1 Å². The Hall–Kier alpha value is -2.30. The van der Waals surface area contributed by atoms with Crippen LogP contribution in [0.1, 0.15) is 12.8 Å². The highest BCUT2D eigenvalue weighted by atomic mass is 16.5. The van der Waals surface area contributed by atoms with Crippen LogP contribution in [0, 0.1) is 0 Å². The molecule has 110 valence electrons. The predicted molar refractivity (Wildman–Crippen MR) is 80.0 cm³/mol. The molecule has 1 saturated heterocycles. The monoisotopic (exact) mass is 285 g/mol. The van der Waals surface area contributed by atoms with Crippen LogP contribution in [-0.4, -0.2) is 40.3 Å². The Balaban J connectivity index is 1.64. The smallest absolute Gasteiger partial charge is 0.260 e. The summed E-state index contributed by atoms with van der Waals surface area (Å²) in [6.45, 7) is 1.83. The Kier molecular flexibility index (Phi) is 3.90. The van der Waals surface area contributed by atoms with E-state index in [1.807, 2.05) is 48.6 Å². The lowest BCUT2D eigenvalue weighted by molar-refractivity contribution is -0.132. The molecule has 1 aromatic carbocycles. The second-order valence-corrected chi connectivity index (χ2v) is 5.31. The highest BCUT2D eigenvalue weighted by Crippen LogP contribution is 2.23. The van der Waals surface area contributed by atoms with Gasteiger partial charge in [-0.25, -0.2) is 0 Å². The average Bonchev–Trinajstić information content (AvgIpc) is 3.16. The molecule has 2 heterocycles. The summed E-state index contributed by atoms with van der Waals surface area (Å²) in [5.74, 6) is 0.781. The zero-order valence-electron chi connectivity index (χ0n) is 12.2. The van der Waals surface area contributed by atoms with Gasteiger partial charge in [0.05, 0.1) is 6.20 Å². The maximum absolute atomic E-state index is 12.0. The van der Waals surface area contributed by atoms with E-state index in [9.17, 15) is 4.79 Å². The van der Waals surface area contributed by atoms with Crippen LogP contribution in [0.5, 0.6) is 5.75 Å². The summed E-state index contributed by atoms with van der Waals surface area (Å²) in [5, 5.41) is 4.16. The molecule has 5 nitrogen and oxygen atoms in total. The van der Waals surface area contributed by atoms with Gasteiger partial charge in [-0.15, -0.1) is 0 Å². The van der Waals surface area contributed by atoms with Crippen molar-refractivity contribution in [2.75, 3.05) is 19.7 Å². The number of rotatable bonds is 4. The van der Waals surface area contributed by atoms with Gasteiger partial charge in [-0.2, -0.15) is 5.10 Å². The van der Waals surface area contributed by atoms with E-state index in [1.54, 1.807) is 4.68 Å². The normalized spacial score (nSPS) is 14.4. The molecular formula is C16H19N3O2. The van der Waals surface area contributed by atoms with Gasteiger partial charge in [0.2, 0.25) is 0 Å². The number of benzene rings is 1. The average molecular weight is 285 g/mol. The maximum Gasteiger partial charge on any atom is 0.260 e. The fourth-order valence-corrected chi connectivity index (χ4v) is 2.54. The molecule has 5 heteroatoms. The standard InChI is InChI=1S/C16H19N3O2/c1-18-11-14(10-17-18)13-5-4-6-15(9-13)21-12-16(20)19-7-2-3-8-19/h4-6,9-11H,2-3,7-8,12H2,1H3. The first-order chi connectivity index (χ1) is 10.2. The van der Waals surface area contributed by atoms with Crippen molar-refractivity contribution in [1.82, 2.24) is 14.7 Å². The fraction of sp³-hybridized carbons (Fsp3) is 0.375. The van der Waals surface area contributed by atoms with Crippen LogP contribution in [0.3, 0.4) is 0 Å². The number of aryl methyl sites for hydroxylation is 1. The summed E-state index contributed by atoms with van der Waals surface area (Å²) >= 11 is 0. The molecule has 0 unspecified atom stereocenters. The molecule has 2 aromatic rings. The van der Waals surface area contributed by atoms with Crippen LogP contribution in [0.4, 0.5) is 0 Å². The van der Waals surface area contributed by atoms with Gasteiger partial charge in [0, 0.05) is 31.9 Å². The van der Waals surface area contributed by atoms with Gasteiger partial charge in [-0.05, 0) is 30.5 Å². The first-order valence-electron chi connectivity index (χ1n) is 7.22. The molecule has 0 spiro atoms. The van der Waals surface area contributed by atoms with E-state index in [0.29, 0.717) is 5.75 Å². The van der Waals surface area contributed by atoms with Crippen LogP contribution in [0.2, 0.25) is 0 Å². The lowest BCUT2D eigenvalue weighted by Gasteiger charge is -2.15. The fourth-order valence-electron chi connectivity index (χ4n) is 2.54. The SMILES string of the molecule is Cn1cc(-c2cccc(OCC(=O)N3CCCC3)c2)cn1. The summed E-state index contributed by atoms with van der Waals surface area (Å²) in [6, 6.07) is 7.75. The number of likely N-dealkylation sites (tertiary alicyclic amines) is 1. The van der Waals surface area contributed by atoms with Gasteiger partial charge >= 0.3 is 0 Å². The van der Waals surface area contributed by atoms with Gasteiger partial charge < -0.3 is 9.64 Å². The zero-order valence-corrected chi connectivity index (χ0v) is 12.2. The third-order valence-corrected chi connectivity index (χ3v) is 3.69. The Morgan fingerprint density at radius 3 is 2.81 bits per heavy atom. The van der Waals surface area contributed by atoms with Crippen LogP contribution in [0.15, 0.2) is 36.7 Å². The van der Waals surface area contributed by atoms with E-state index < -0.39 is 0 Å². The van der Waals surface area contributed by atoms with Gasteiger partial charge in [-0.3, -0.25) is 9.48 Å². The topological polar surface area (TPSA) is 47.4 Å². The number of carbonyl (C=O) groups excluding carboxylic acids is 1. The van der Waals surface area contributed by atoms with E-state index in [2.05, 4.69) is 5.10 Å². The molecule has 1 amide bonds. The van der Waals surface area contributed by atoms with E-state index >= 15 is 0 Å². The minimum absolute atomic E-state index is 0.0688. The maximum atomic E-state index is 12.0. The van der Waals surface area contributed by atoms with Crippen LogP contribution in [-0.2, 0) is 11.8 Å². The van der Waals surface area contributed by atoms with Gasteiger partial charge in [0.25, 0.3) is 5.91 Å². The molecule has 0 saturated carbocycles. The molecule has 0 aliphatic carbocycles. The number of aromatic nitrogens is 2. The summed E-state index contributed by atoms with van der Waals surface area (Å²) in [6.07, 6.45) is 5.97. The second kappa shape index (κ2) is 5.99. The molecule has 0 radical (unpaired) electrons.